The number of hydrogen-bond donors (Lipinski definition) is 0. The highest BCUT2D eigenvalue weighted by atomic mass is 32.2. The molecule has 0 saturated carbocycles. The lowest BCUT2D eigenvalue weighted by atomic mass is 9.86. The molecule has 1 unspecified atom stereocenters. The van der Waals surface area contributed by atoms with E-state index in [1.807, 2.05) is 12.1 Å². The van der Waals surface area contributed by atoms with Gasteiger partial charge < -0.3 is 4.90 Å². The van der Waals surface area contributed by atoms with E-state index in [1.165, 1.54) is 16.8 Å². The Kier molecular flexibility index (Phi) is 4.39. The van der Waals surface area contributed by atoms with Crippen LogP contribution in [0.3, 0.4) is 0 Å². The third-order valence-corrected chi connectivity index (χ3v) is 5.85. The van der Waals surface area contributed by atoms with Gasteiger partial charge in [-0.15, -0.1) is 0 Å². The number of allylic oxidation sites excluding steroid dienone is 1. The van der Waals surface area contributed by atoms with Crippen LogP contribution < -0.4 is 0 Å². The van der Waals surface area contributed by atoms with Gasteiger partial charge in [0, 0.05) is 30.1 Å². The van der Waals surface area contributed by atoms with E-state index in [4.69, 9.17) is 4.99 Å². The molecule has 134 valence electrons. The Hall–Kier alpha value is -2.07. The standard InChI is InChI=1S/C22H23FN2S/c1-15-5-4-6-17(11-15)20(16-7-9-18(23)10-8-16)19-12-26-21-24-13-22(2,3)14-25(19)21/h4-12,20H,13-14H2,1-3H3. The lowest BCUT2D eigenvalue weighted by Crippen LogP contribution is -2.41. The summed E-state index contributed by atoms with van der Waals surface area (Å²) in [5.74, 6) is -0.127. The third kappa shape index (κ3) is 3.30. The fourth-order valence-corrected chi connectivity index (χ4v) is 4.58. The number of rotatable bonds is 3. The van der Waals surface area contributed by atoms with Gasteiger partial charge in [0.15, 0.2) is 5.17 Å². The van der Waals surface area contributed by atoms with Crippen molar-refractivity contribution in [1.82, 2.24) is 4.90 Å². The fraction of sp³-hybridized carbons (Fsp3) is 0.318. The minimum absolute atomic E-state index is 0.0737. The maximum Gasteiger partial charge on any atom is 0.167 e. The van der Waals surface area contributed by atoms with Crippen molar-refractivity contribution < 1.29 is 4.39 Å². The summed E-state index contributed by atoms with van der Waals surface area (Å²) in [6, 6.07) is 15.5. The summed E-state index contributed by atoms with van der Waals surface area (Å²) >= 11 is 1.70. The van der Waals surface area contributed by atoms with E-state index in [-0.39, 0.29) is 17.2 Å². The maximum atomic E-state index is 13.5. The highest BCUT2D eigenvalue weighted by Crippen LogP contribution is 2.43. The number of thioether (sulfide) groups is 1. The van der Waals surface area contributed by atoms with Gasteiger partial charge in [-0.3, -0.25) is 4.99 Å². The van der Waals surface area contributed by atoms with E-state index in [1.54, 1.807) is 23.9 Å². The van der Waals surface area contributed by atoms with Crippen LogP contribution in [0.1, 0.15) is 36.5 Å². The molecular formula is C22H23FN2S. The Labute approximate surface area is 158 Å². The summed E-state index contributed by atoms with van der Waals surface area (Å²) in [5, 5.41) is 3.30. The summed E-state index contributed by atoms with van der Waals surface area (Å²) in [6.07, 6.45) is 0. The van der Waals surface area contributed by atoms with Gasteiger partial charge in [-0.1, -0.05) is 67.6 Å². The van der Waals surface area contributed by atoms with Crippen LogP contribution in [-0.4, -0.2) is 23.2 Å². The summed E-state index contributed by atoms with van der Waals surface area (Å²) < 4.78 is 13.5. The number of nitrogens with zero attached hydrogens (tertiary/aromatic N) is 2. The van der Waals surface area contributed by atoms with Gasteiger partial charge in [-0.25, -0.2) is 4.39 Å². The third-order valence-electron chi connectivity index (χ3n) is 4.93. The Morgan fingerprint density at radius 2 is 1.88 bits per heavy atom. The molecule has 0 spiro atoms. The average molecular weight is 367 g/mol. The van der Waals surface area contributed by atoms with Gasteiger partial charge in [0.25, 0.3) is 0 Å². The molecule has 26 heavy (non-hydrogen) atoms. The first-order chi connectivity index (χ1) is 12.4. The van der Waals surface area contributed by atoms with E-state index < -0.39 is 0 Å². The van der Waals surface area contributed by atoms with E-state index in [0.29, 0.717) is 0 Å². The van der Waals surface area contributed by atoms with Crippen molar-refractivity contribution in [1.29, 1.82) is 0 Å². The molecule has 0 saturated heterocycles. The first-order valence-electron chi connectivity index (χ1n) is 8.94. The summed E-state index contributed by atoms with van der Waals surface area (Å²) in [7, 11) is 0. The van der Waals surface area contributed by atoms with Gasteiger partial charge in [-0.2, -0.15) is 0 Å². The summed E-state index contributed by atoms with van der Waals surface area (Å²) in [6.45, 7) is 8.44. The smallest absolute Gasteiger partial charge is 0.167 e. The van der Waals surface area contributed by atoms with Crippen molar-refractivity contribution in [3.63, 3.8) is 0 Å². The molecule has 0 amide bonds. The molecule has 1 atom stereocenters. The van der Waals surface area contributed by atoms with E-state index in [0.717, 1.165) is 23.8 Å². The number of halogens is 1. The second kappa shape index (κ2) is 6.58. The molecule has 2 aliphatic rings. The zero-order valence-corrected chi connectivity index (χ0v) is 16.2. The van der Waals surface area contributed by atoms with Crippen LogP contribution >= 0.6 is 11.8 Å². The molecule has 0 aromatic heterocycles. The van der Waals surface area contributed by atoms with Crippen LogP contribution in [0, 0.1) is 18.2 Å². The molecule has 2 heterocycles. The van der Waals surface area contributed by atoms with Crippen LogP contribution in [-0.2, 0) is 0 Å². The first kappa shape index (κ1) is 17.3. The monoisotopic (exact) mass is 366 g/mol. The van der Waals surface area contributed by atoms with Crippen molar-refractivity contribution in [3.8, 4) is 0 Å². The van der Waals surface area contributed by atoms with Crippen molar-refractivity contribution >= 4 is 16.9 Å². The Morgan fingerprint density at radius 1 is 1.12 bits per heavy atom. The summed E-state index contributed by atoms with van der Waals surface area (Å²) in [4.78, 5) is 7.14. The van der Waals surface area contributed by atoms with Gasteiger partial charge in [0.1, 0.15) is 5.82 Å². The Balaban J connectivity index is 1.80. The van der Waals surface area contributed by atoms with Crippen LogP contribution in [0.15, 0.2) is 64.6 Å². The van der Waals surface area contributed by atoms with E-state index >= 15 is 0 Å². The molecule has 0 bridgehead atoms. The van der Waals surface area contributed by atoms with Crippen LogP contribution in [0.4, 0.5) is 4.39 Å². The largest absolute Gasteiger partial charge is 0.323 e. The highest BCUT2D eigenvalue weighted by Gasteiger charge is 2.37. The van der Waals surface area contributed by atoms with Crippen molar-refractivity contribution in [2.45, 2.75) is 26.7 Å². The minimum Gasteiger partial charge on any atom is -0.323 e. The zero-order valence-electron chi connectivity index (χ0n) is 15.4. The van der Waals surface area contributed by atoms with Gasteiger partial charge in [-0.05, 0) is 35.6 Å². The quantitative estimate of drug-likeness (QED) is 0.707. The predicted molar refractivity (Wildman–Crippen MR) is 108 cm³/mol. The highest BCUT2D eigenvalue weighted by molar-refractivity contribution is 8.16. The molecule has 2 aromatic rings. The van der Waals surface area contributed by atoms with Crippen LogP contribution in [0.2, 0.25) is 0 Å². The topological polar surface area (TPSA) is 15.6 Å². The molecule has 0 N–H and O–H groups in total. The first-order valence-corrected chi connectivity index (χ1v) is 9.82. The normalized spacial score (nSPS) is 19.6. The number of aliphatic imine (C=N–C) groups is 1. The maximum absolute atomic E-state index is 13.5. The average Bonchev–Trinajstić information content (AvgIpc) is 2.99. The second-order valence-electron chi connectivity index (χ2n) is 7.91. The van der Waals surface area contributed by atoms with Gasteiger partial charge in [0.05, 0.1) is 0 Å². The molecule has 0 aliphatic carbocycles. The zero-order chi connectivity index (χ0) is 18.3. The van der Waals surface area contributed by atoms with Gasteiger partial charge in [0.2, 0.25) is 0 Å². The fourth-order valence-electron chi connectivity index (χ4n) is 3.65. The van der Waals surface area contributed by atoms with Crippen molar-refractivity contribution in [3.05, 3.63) is 82.1 Å². The molecular weight excluding hydrogens is 343 g/mol. The lowest BCUT2D eigenvalue weighted by Gasteiger charge is -2.38. The molecule has 2 aliphatic heterocycles. The molecule has 0 fully saturated rings. The van der Waals surface area contributed by atoms with E-state index in [2.05, 4.69) is 55.3 Å². The molecule has 2 aromatic carbocycles. The van der Waals surface area contributed by atoms with E-state index in [9.17, 15) is 4.39 Å². The number of aryl methyl sites for hydroxylation is 1. The minimum atomic E-state index is -0.201. The van der Waals surface area contributed by atoms with Crippen LogP contribution in [0.5, 0.6) is 0 Å². The Morgan fingerprint density at radius 3 is 2.62 bits per heavy atom. The summed E-state index contributed by atoms with van der Waals surface area (Å²) in [5.41, 5.74) is 4.95. The van der Waals surface area contributed by atoms with Crippen LogP contribution in [0.25, 0.3) is 0 Å². The second-order valence-corrected chi connectivity index (χ2v) is 8.74. The Bertz CT molecular complexity index is 883. The van der Waals surface area contributed by atoms with Crippen molar-refractivity contribution in [2.75, 3.05) is 13.1 Å². The van der Waals surface area contributed by atoms with Crippen molar-refractivity contribution in [2.24, 2.45) is 10.4 Å². The number of benzene rings is 2. The lowest BCUT2D eigenvalue weighted by molar-refractivity contribution is 0.271. The predicted octanol–water partition coefficient (Wildman–Crippen LogP) is 5.55. The molecule has 0 radical (unpaired) electrons. The SMILES string of the molecule is Cc1cccc(C(C2=CSC3=NCC(C)(C)CN23)c2ccc(F)cc2)c1. The molecule has 4 rings (SSSR count). The van der Waals surface area contributed by atoms with Gasteiger partial charge >= 0.3 is 0 Å². The molecule has 4 heteroatoms. The number of hydrogen-bond acceptors (Lipinski definition) is 3. The number of amidine groups is 1. The number of fused-ring (bicyclic) bond motifs is 1. The molecule has 2 nitrogen and oxygen atoms in total.